The molecular weight excluding hydrogens is 403 g/mol. The lowest BCUT2D eigenvalue weighted by molar-refractivity contribution is 0.0938. The molecular formula is C22H25FN4O2S. The summed E-state index contributed by atoms with van der Waals surface area (Å²) >= 11 is 1.47. The van der Waals surface area contributed by atoms with Crippen molar-refractivity contribution in [2.24, 2.45) is 0 Å². The molecule has 2 aromatic heterocycles. The Labute approximate surface area is 179 Å². The molecule has 1 aromatic carbocycles. The summed E-state index contributed by atoms with van der Waals surface area (Å²) in [5.74, 6) is 0.872. The summed E-state index contributed by atoms with van der Waals surface area (Å²) in [7, 11) is 3.80. The van der Waals surface area contributed by atoms with Crippen molar-refractivity contribution >= 4 is 17.7 Å². The number of carbonyl (C=O) groups is 1. The van der Waals surface area contributed by atoms with Crippen LogP contribution in [0.2, 0.25) is 0 Å². The minimum absolute atomic E-state index is 0.153. The molecule has 0 aliphatic carbocycles. The van der Waals surface area contributed by atoms with Crippen molar-refractivity contribution in [1.29, 1.82) is 0 Å². The predicted octanol–water partition coefficient (Wildman–Crippen LogP) is 4.15. The highest BCUT2D eigenvalue weighted by Gasteiger charge is 2.19. The molecule has 1 atom stereocenters. The van der Waals surface area contributed by atoms with Gasteiger partial charge in [0.25, 0.3) is 5.91 Å². The van der Waals surface area contributed by atoms with Gasteiger partial charge in [0, 0.05) is 24.1 Å². The van der Waals surface area contributed by atoms with Crippen LogP contribution in [0, 0.1) is 19.7 Å². The van der Waals surface area contributed by atoms with Gasteiger partial charge in [-0.3, -0.25) is 4.79 Å². The number of pyridine rings is 1. The highest BCUT2D eigenvalue weighted by atomic mass is 32.2. The number of thioether (sulfide) groups is 1. The third-order valence-electron chi connectivity index (χ3n) is 4.86. The number of aromatic nitrogens is 2. The lowest BCUT2D eigenvalue weighted by Crippen LogP contribution is -2.34. The lowest BCUT2D eigenvalue weighted by Gasteiger charge is -2.25. The molecule has 8 heteroatoms. The average Bonchev–Trinajstić information content (AvgIpc) is 3.04. The highest BCUT2D eigenvalue weighted by molar-refractivity contribution is 7.98. The molecule has 2 heterocycles. The fourth-order valence-electron chi connectivity index (χ4n) is 3.12. The SMILES string of the molecule is Cc1noc(C)c1CSc1ncccc1C(=O)NCC(c1cccc(F)c1)N(C)C. The summed E-state index contributed by atoms with van der Waals surface area (Å²) in [4.78, 5) is 19.2. The van der Waals surface area contributed by atoms with E-state index in [0.29, 0.717) is 22.9 Å². The Morgan fingerprint density at radius 2 is 2.07 bits per heavy atom. The van der Waals surface area contributed by atoms with Crippen molar-refractivity contribution in [3.8, 4) is 0 Å². The number of aryl methyl sites for hydroxylation is 2. The average molecular weight is 429 g/mol. The Hall–Kier alpha value is -2.71. The van der Waals surface area contributed by atoms with E-state index in [4.69, 9.17) is 4.52 Å². The van der Waals surface area contributed by atoms with Gasteiger partial charge in [0.1, 0.15) is 16.6 Å². The predicted molar refractivity (Wildman–Crippen MR) is 115 cm³/mol. The molecule has 0 radical (unpaired) electrons. The molecule has 3 aromatic rings. The number of likely N-dealkylation sites (N-methyl/N-ethyl adjacent to an activating group) is 1. The number of amides is 1. The molecule has 0 aliphatic rings. The van der Waals surface area contributed by atoms with Crippen LogP contribution in [0.5, 0.6) is 0 Å². The number of hydrogen-bond acceptors (Lipinski definition) is 6. The lowest BCUT2D eigenvalue weighted by atomic mass is 10.1. The monoisotopic (exact) mass is 428 g/mol. The Kier molecular flexibility index (Phi) is 7.23. The van der Waals surface area contributed by atoms with Crippen molar-refractivity contribution in [2.75, 3.05) is 20.6 Å². The molecule has 0 bridgehead atoms. The van der Waals surface area contributed by atoms with Gasteiger partial charge in [0.2, 0.25) is 0 Å². The van der Waals surface area contributed by atoms with Gasteiger partial charge in [0.15, 0.2) is 0 Å². The minimum Gasteiger partial charge on any atom is -0.361 e. The smallest absolute Gasteiger partial charge is 0.254 e. The fourth-order valence-corrected chi connectivity index (χ4v) is 4.27. The Bertz CT molecular complexity index is 1000. The van der Waals surface area contributed by atoms with Gasteiger partial charge in [-0.2, -0.15) is 0 Å². The molecule has 0 spiro atoms. The van der Waals surface area contributed by atoms with Crippen LogP contribution in [0.1, 0.15) is 39.0 Å². The van der Waals surface area contributed by atoms with E-state index < -0.39 is 0 Å². The zero-order valence-corrected chi connectivity index (χ0v) is 18.3. The second-order valence-electron chi connectivity index (χ2n) is 7.19. The van der Waals surface area contributed by atoms with Crippen LogP contribution in [0.3, 0.4) is 0 Å². The van der Waals surface area contributed by atoms with Crippen LogP contribution in [-0.2, 0) is 5.75 Å². The van der Waals surface area contributed by atoms with Gasteiger partial charge >= 0.3 is 0 Å². The van der Waals surface area contributed by atoms with E-state index >= 15 is 0 Å². The van der Waals surface area contributed by atoms with E-state index in [1.54, 1.807) is 24.4 Å². The molecule has 158 valence electrons. The number of hydrogen-bond donors (Lipinski definition) is 1. The second kappa shape index (κ2) is 9.86. The maximum absolute atomic E-state index is 13.6. The highest BCUT2D eigenvalue weighted by Crippen LogP contribution is 2.27. The Balaban J connectivity index is 1.70. The van der Waals surface area contributed by atoms with Gasteiger partial charge < -0.3 is 14.7 Å². The number of benzene rings is 1. The summed E-state index contributed by atoms with van der Waals surface area (Å²) in [6, 6.07) is 9.77. The first-order valence-corrected chi connectivity index (χ1v) is 10.5. The minimum atomic E-state index is -0.295. The zero-order chi connectivity index (χ0) is 21.7. The van der Waals surface area contributed by atoms with Crippen molar-refractivity contribution in [2.45, 2.75) is 30.7 Å². The molecule has 0 saturated carbocycles. The second-order valence-corrected chi connectivity index (χ2v) is 8.16. The summed E-state index contributed by atoms with van der Waals surface area (Å²) in [6.07, 6.45) is 1.67. The first-order valence-electron chi connectivity index (χ1n) is 9.56. The van der Waals surface area contributed by atoms with Gasteiger partial charge in [0.05, 0.1) is 17.3 Å². The first kappa shape index (κ1) is 22.0. The normalized spacial score (nSPS) is 12.2. The van der Waals surface area contributed by atoms with E-state index in [0.717, 1.165) is 22.6 Å². The van der Waals surface area contributed by atoms with Crippen molar-refractivity contribution in [3.05, 3.63) is 76.6 Å². The fraction of sp³-hybridized carbons (Fsp3) is 0.318. The van der Waals surface area contributed by atoms with Crippen LogP contribution in [0.15, 0.2) is 52.1 Å². The number of rotatable bonds is 8. The van der Waals surface area contributed by atoms with Crippen LogP contribution < -0.4 is 5.32 Å². The molecule has 3 rings (SSSR count). The molecule has 0 aliphatic heterocycles. The van der Waals surface area contributed by atoms with Gasteiger partial charge in [-0.25, -0.2) is 9.37 Å². The van der Waals surface area contributed by atoms with Gasteiger partial charge in [-0.15, -0.1) is 11.8 Å². The standard InChI is InChI=1S/C22H25FN4O2S/c1-14-19(15(2)29-26-14)13-30-22-18(9-6-10-24-22)21(28)25-12-20(27(3)4)16-7-5-8-17(23)11-16/h5-11,20H,12-13H2,1-4H3,(H,25,28). The summed E-state index contributed by atoms with van der Waals surface area (Å²) in [5.41, 5.74) is 3.16. The molecule has 1 unspecified atom stereocenters. The molecule has 1 amide bonds. The summed E-state index contributed by atoms with van der Waals surface area (Å²) < 4.78 is 18.8. The van der Waals surface area contributed by atoms with E-state index in [2.05, 4.69) is 15.5 Å². The maximum atomic E-state index is 13.6. The van der Waals surface area contributed by atoms with E-state index in [1.165, 1.54) is 23.9 Å². The van der Waals surface area contributed by atoms with Gasteiger partial charge in [-0.1, -0.05) is 17.3 Å². The molecule has 30 heavy (non-hydrogen) atoms. The van der Waals surface area contributed by atoms with E-state index in [-0.39, 0.29) is 17.8 Å². The molecule has 1 N–H and O–H groups in total. The van der Waals surface area contributed by atoms with E-state index in [9.17, 15) is 9.18 Å². The quantitative estimate of drug-likeness (QED) is 0.544. The van der Waals surface area contributed by atoms with Crippen LogP contribution in [0.25, 0.3) is 0 Å². The summed E-state index contributed by atoms with van der Waals surface area (Å²) in [5, 5.41) is 7.58. The Morgan fingerprint density at radius 1 is 1.27 bits per heavy atom. The topological polar surface area (TPSA) is 71.3 Å². The molecule has 0 fully saturated rings. The molecule has 0 saturated heterocycles. The Morgan fingerprint density at radius 3 is 2.73 bits per heavy atom. The zero-order valence-electron chi connectivity index (χ0n) is 17.5. The van der Waals surface area contributed by atoms with E-state index in [1.807, 2.05) is 38.9 Å². The van der Waals surface area contributed by atoms with Crippen LogP contribution in [0.4, 0.5) is 4.39 Å². The molecule has 6 nitrogen and oxygen atoms in total. The van der Waals surface area contributed by atoms with Crippen LogP contribution >= 0.6 is 11.8 Å². The summed E-state index contributed by atoms with van der Waals surface area (Å²) in [6.45, 7) is 4.11. The number of nitrogens with zero attached hydrogens (tertiary/aromatic N) is 3. The van der Waals surface area contributed by atoms with Crippen molar-refractivity contribution in [1.82, 2.24) is 20.4 Å². The number of carbonyl (C=O) groups excluding carboxylic acids is 1. The third kappa shape index (κ3) is 5.25. The van der Waals surface area contributed by atoms with Crippen molar-refractivity contribution < 1.29 is 13.7 Å². The first-order chi connectivity index (χ1) is 14.4. The number of nitrogens with one attached hydrogen (secondary N) is 1. The van der Waals surface area contributed by atoms with Gasteiger partial charge in [-0.05, 0) is 57.8 Å². The third-order valence-corrected chi connectivity index (χ3v) is 5.89. The number of halogens is 1. The van der Waals surface area contributed by atoms with Crippen LogP contribution in [-0.4, -0.2) is 41.6 Å². The van der Waals surface area contributed by atoms with Crippen molar-refractivity contribution in [3.63, 3.8) is 0 Å². The largest absolute Gasteiger partial charge is 0.361 e. The maximum Gasteiger partial charge on any atom is 0.254 e.